The molecule has 0 aliphatic rings. The largest absolute Gasteiger partial charge is 0.308 e. The zero-order valence-corrected chi connectivity index (χ0v) is 10.1. The van der Waals surface area contributed by atoms with Gasteiger partial charge in [-0.05, 0) is 33.3 Å². The Balaban J connectivity index is 2.52. The number of aromatic nitrogens is 2. The number of aryl methyl sites for hydroxylation is 1. The van der Waals surface area contributed by atoms with Crippen LogP contribution in [0, 0.1) is 6.92 Å². The smallest absolute Gasteiger partial charge is 0.0641 e. The summed E-state index contributed by atoms with van der Waals surface area (Å²) in [7, 11) is 0. The fourth-order valence-electron chi connectivity index (χ4n) is 1.39. The molecule has 0 aliphatic heterocycles. The average molecular weight is 207 g/mol. The third-order valence-electron chi connectivity index (χ3n) is 2.60. The molecule has 1 aromatic heterocycles. The Morgan fingerprint density at radius 3 is 2.73 bits per heavy atom. The van der Waals surface area contributed by atoms with Crippen molar-refractivity contribution in [2.24, 2.45) is 0 Å². The maximum Gasteiger partial charge on any atom is 0.0641 e. The van der Waals surface area contributed by atoms with Crippen molar-refractivity contribution in [2.75, 3.05) is 6.54 Å². The molecule has 0 saturated carbocycles. The normalized spacial score (nSPS) is 14.9. The molecule has 0 aromatic carbocycles. The van der Waals surface area contributed by atoms with Crippen molar-refractivity contribution in [3.05, 3.63) is 30.1 Å². The van der Waals surface area contributed by atoms with Crippen molar-refractivity contribution in [3.63, 3.8) is 0 Å². The van der Waals surface area contributed by atoms with E-state index in [1.165, 1.54) is 5.56 Å². The first kappa shape index (κ1) is 12.0. The van der Waals surface area contributed by atoms with E-state index in [1.54, 1.807) is 0 Å². The first-order chi connectivity index (χ1) is 7.00. The second-order valence-electron chi connectivity index (χ2n) is 4.36. The van der Waals surface area contributed by atoms with Gasteiger partial charge in [0.2, 0.25) is 0 Å². The number of hydrogen-bond donors (Lipinski definition) is 1. The standard InChI is InChI=1S/C12H21N3/c1-9(2)6-13-11(4)12(5)15-8-10(3)7-14-15/h7-8,11-13H,1,6H2,2-5H3/t11-,12-/m1/s1. The lowest BCUT2D eigenvalue weighted by Gasteiger charge is -2.21. The molecular weight excluding hydrogens is 186 g/mol. The molecule has 3 heteroatoms. The molecule has 15 heavy (non-hydrogen) atoms. The first-order valence-electron chi connectivity index (χ1n) is 5.39. The van der Waals surface area contributed by atoms with Crippen molar-refractivity contribution in [1.29, 1.82) is 0 Å². The van der Waals surface area contributed by atoms with E-state index in [2.05, 4.69) is 44.0 Å². The van der Waals surface area contributed by atoms with Crippen molar-refractivity contribution in [3.8, 4) is 0 Å². The van der Waals surface area contributed by atoms with Gasteiger partial charge in [-0.25, -0.2) is 0 Å². The zero-order valence-electron chi connectivity index (χ0n) is 10.1. The second-order valence-corrected chi connectivity index (χ2v) is 4.36. The topological polar surface area (TPSA) is 29.9 Å². The fourth-order valence-corrected chi connectivity index (χ4v) is 1.39. The van der Waals surface area contributed by atoms with Gasteiger partial charge in [0.15, 0.2) is 0 Å². The zero-order chi connectivity index (χ0) is 11.4. The molecular formula is C12H21N3. The lowest BCUT2D eigenvalue weighted by atomic mass is 10.1. The third-order valence-corrected chi connectivity index (χ3v) is 2.60. The lowest BCUT2D eigenvalue weighted by molar-refractivity contribution is 0.374. The molecule has 1 N–H and O–H groups in total. The fraction of sp³-hybridized carbons (Fsp3) is 0.583. The van der Waals surface area contributed by atoms with Crippen LogP contribution in [0.5, 0.6) is 0 Å². The van der Waals surface area contributed by atoms with Crippen molar-refractivity contribution >= 4 is 0 Å². The summed E-state index contributed by atoms with van der Waals surface area (Å²) in [5.74, 6) is 0. The number of hydrogen-bond acceptors (Lipinski definition) is 2. The minimum absolute atomic E-state index is 0.359. The molecule has 0 saturated heterocycles. The van der Waals surface area contributed by atoms with Crippen LogP contribution in [0.25, 0.3) is 0 Å². The van der Waals surface area contributed by atoms with Gasteiger partial charge < -0.3 is 5.32 Å². The van der Waals surface area contributed by atoms with Crippen molar-refractivity contribution in [2.45, 2.75) is 39.8 Å². The molecule has 0 radical (unpaired) electrons. The molecule has 3 nitrogen and oxygen atoms in total. The molecule has 0 spiro atoms. The van der Waals surface area contributed by atoms with E-state index < -0.39 is 0 Å². The molecule has 1 heterocycles. The number of nitrogens with one attached hydrogen (secondary N) is 1. The minimum Gasteiger partial charge on any atom is -0.308 e. The van der Waals surface area contributed by atoms with Gasteiger partial charge in [0.05, 0.1) is 12.2 Å². The van der Waals surface area contributed by atoms with Crippen LogP contribution >= 0.6 is 0 Å². The summed E-state index contributed by atoms with van der Waals surface area (Å²) in [5, 5.41) is 7.75. The molecule has 84 valence electrons. The van der Waals surface area contributed by atoms with Gasteiger partial charge in [0.25, 0.3) is 0 Å². The Morgan fingerprint density at radius 2 is 2.27 bits per heavy atom. The lowest BCUT2D eigenvalue weighted by Crippen LogP contribution is -2.34. The molecule has 0 aliphatic carbocycles. The van der Waals surface area contributed by atoms with Gasteiger partial charge in [0, 0.05) is 18.8 Å². The van der Waals surface area contributed by atoms with Gasteiger partial charge in [-0.15, -0.1) is 0 Å². The molecule has 1 aromatic rings. The summed E-state index contributed by atoms with van der Waals surface area (Å²) >= 11 is 0. The van der Waals surface area contributed by atoms with Gasteiger partial charge in [-0.3, -0.25) is 4.68 Å². The van der Waals surface area contributed by atoms with Crippen LogP contribution < -0.4 is 5.32 Å². The average Bonchev–Trinajstić information content (AvgIpc) is 2.60. The molecule has 0 unspecified atom stereocenters. The van der Waals surface area contributed by atoms with E-state index in [0.29, 0.717) is 12.1 Å². The first-order valence-corrected chi connectivity index (χ1v) is 5.39. The van der Waals surface area contributed by atoms with Crippen LogP contribution in [-0.2, 0) is 0 Å². The summed E-state index contributed by atoms with van der Waals surface area (Å²) in [5.41, 5.74) is 2.36. The van der Waals surface area contributed by atoms with Crippen LogP contribution in [0.2, 0.25) is 0 Å². The van der Waals surface area contributed by atoms with Gasteiger partial charge in [-0.2, -0.15) is 5.10 Å². The predicted molar refractivity (Wildman–Crippen MR) is 64.0 cm³/mol. The Labute approximate surface area is 92.2 Å². The molecule has 0 amide bonds. The van der Waals surface area contributed by atoms with Crippen LogP contribution in [0.15, 0.2) is 24.5 Å². The molecule has 1 rings (SSSR count). The van der Waals surface area contributed by atoms with E-state index >= 15 is 0 Å². The van der Waals surface area contributed by atoms with Gasteiger partial charge in [0.1, 0.15) is 0 Å². The van der Waals surface area contributed by atoms with E-state index in [1.807, 2.05) is 17.8 Å². The Morgan fingerprint density at radius 1 is 1.60 bits per heavy atom. The molecule has 0 fully saturated rings. The summed E-state index contributed by atoms with van der Waals surface area (Å²) in [6, 6.07) is 0.749. The second kappa shape index (κ2) is 5.12. The van der Waals surface area contributed by atoms with E-state index in [9.17, 15) is 0 Å². The minimum atomic E-state index is 0.359. The summed E-state index contributed by atoms with van der Waals surface area (Å²) in [6.45, 7) is 13.2. The van der Waals surface area contributed by atoms with E-state index in [0.717, 1.165) is 12.1 Å². The number of nitrogens with zero attached hydrogens (tertiary/aromatic N) is 2. The highest BCUT2D eigenvalue weighted by molar-refractivity contribution is 5.01. The van der Waals surface area contributed by atoms with E-state index in [4.69, 9.17) is 0 Å². The summed E-state index contributed by atoms with van der Waals surface area (Å²) < 4.78 is 2.01. The summed E-state index contributed by atoms with van der Waals surface area (Å²) in [6.07, 6.45) is 3.96. The van der Waals surface area contributed by atoms with Gasteiger partial charge in [-0.1, -0.05) is 12.2 Å². The van der Waals surface area contributed by atoms with Crippen LogP contribution in [0.1, 0.15) is 32.4 Å². The predicted octanol–water partition coefficient (Wildman–Crippen LogP) is 2.31. The molecule has 2 atom stereocenters. The quantitative estimate of drug-likeness (QED) is 0.751. The Bertz CT molecular complexity index is 327. The van der Waals surface area contributed by atoms with Crippen molar-refractivity contribution in [1.82, 2.24) is 15.1 Å². The Hall–Kier alpha value is -1.09. The van der Waals surface area contributed by atoms with Crippen LogP contribution in [0.4, 0.5) is 0 Å². The number of rotatable bonds is 5. The highest BCUT2D eigenvalue weighted by Gasteiger charge is 2.13. The monoisotopic (exact) mass is 207 g/mol. The van der Waals surface area contributed by atoms with Crippen LogP contribution in [0.3, 0.4) is 0 Å². The Kier molecular flexibility index (Phi) is 4.09. The maximum atomic E-state index is 4.32. The highest BCUT2D eigenvalue weighted by atomic mass is 15.3. The SMILES string of the molecule is C=C(C)CN[C@H](C)[C@@H](C)n1cc(C)cn1. The van der Waals surface area contributed by atoms with E-state index in [-0.39, 0.29) is 0 Å². The summed E-state index contributed by atoms with van der Waals surface area (Å²) in [4.78, 5) is 0. The maximum absolute atomic E-state index is 4.32. The molecule has 0 bridgehead atoms. The van der Waals surface area contributed by atoms with Gasteiger partial charge >= 0.3 is 0 Å². The van der Waals surface area contributed by atoms with Crippen molar-refractivity contribution < 1.29 is 0 Å². The third kappa shape index (κ3) is 3.51. The van der Waals surface area contributed by atoms with Crippen LogP contribution in [-0.4, -0.2) is 22.4 Å². The highest BCUT2D eigenvalue weighted by Crippen LogP contribution is 2.10.